The number of benzene rings is 3. The smallest absolute Gasteiger partial charge is 0.351 e. The minimum atomic E-state index is -0.571. The SMILES string of the molecule is O=C(OI)c1c(O)cc(Cl)cc1CCc1ccc2ccccc2c1. The first-order valence-corrected chi connectivity index (χ1v) is 8.66. The largest absolute Gasteiger partial charge is 0.507 e. The molecular formula is C19H14ClIO3. The molecule has 3 aromatic rings. The van der Waals surface area contributed by atoms with Crippen molar-refractivity contribution in [3.63, 3.8) is 0 Å². The van der Waals surface area contributed by atoms with Crippen LogP contribution in [0.15, 0.2) is 54.6 Å². The standard InChI is InChI=1S/C19H14ClIO3/c20-16-10-15(18(17(22)11-16)19(23)24-21)8-6-12-5-7-13-3-1-2-4-14(13)9-12/h1-5,7,9-11,22H,6,8H2. The van der Waals surface area contributed by atoms with E-state index in [0.29, 0.717) is 17.0 Å². The molecule has 1 N–H and O–H groups in total. The van der Waals surface area contributed by atoms with Gasteiger partial charge < -0.3 is 8.17 Å². The Kier molecular flexibility index (Phi) is 5.26. The molecule has 3 rings (SSSR count). The topological polar surface area (TPSA) is 46.5 Å². The van der Waals surface area contributed by atoms with Gasteiger partial charge in [0, 0.05) is 5.02 Å². The Hall–Kier alpha value is -1.79. The number of rotatable bonds is 4. The summed E-state index contributed by atoms with van der Waals surface area (Å²) in [5, 5.41) is 12.8. The molecule has 0 amide bonds. The van der Waals surface area contributed by atoms with Crippen LogP contribution in [0.4, 0.5) is 0 Å². The first-order chi connectivity index (χ1) is 11.6. The number of aromatic hydroxyl groups is 1. The molecule has 0 radical (unpaired) electrons. The summed E-state index contributed by atoms with van der Waals surface area (Å²) in [7, 11) is 0. The van der Waals surface area contributed by atoms with Crippen LogP contribution in [-0.2, 0) is 15.9 Å². The lowest BCUT2D eigenvalue weighted by atomic mass is 9.97. The van der Waals surface area contributed by atoms with Gasteiger partial charge in [0.25, 0.3) is 0 Å². The Labute approximate surface area is 158 Å². The van der Waals surface area contributed by atoms with Crippen LogP contribution in [0.25, 0.3) is 10.8 Å². The number of hydrogen-bond donors (Lipinski definition) is 1. The molecule has 0 spiro atoms. The van der Waals surface area contributed by atoms with E-state index in [1.54, 1.807) is 6.07 Å². The van der Waals surface area contributed by atoms with Crippen molar-refractivity contribution in [1.29, 1.82) is 0 Å². The normalized spacial score (nSPS) is 10.8. The van der Waals surface area contributed by atoms with Crippen molar-refractivity contribution in [2.24, 2.45) is 0 Å². The highest BCUT2D eigenvalue weighted by Crippen LogP contribution is 2.29. The first-order valence-electron chi connectivity index (χ1n) is 7.40. The van der Waals surface area contributed by atoms with Gasteiger partial charge in [0.1, 0.15) is 11.3 Å². The van der Waals surface area contributed by atoms with Gasteiger partial charge in [-0.2, -0.15) is 0 Å². The lowest BCUT2D eigenvalue weighted by Crippen LogP contribution is -2.05. The third-order valence-corrected chi connectivity index (χ3v) is 4.55. The minimum absolute atomic E-state index is 0.155. The number of aryl methyl sites for hydroxylation is 2. The Morgan fingerprint density at radius 2 is 1.79 bits per heavy atom. The van der Waals surface area contributed by atoms with E-state index in [2.05, 4.69) is 30.3 Å². The molecule has 0 bridgehead atoms. The quantitative estimate of drug-likeness (QED) is 0.532. The van der Waals surface area contributed by atoms with Crippen molar-refractivity contribution in [2.75, 3.05) is 0 Å². The van der Waals surface area contributed by atoms with Crippen molar-refractivity contribution in [3.8, 4) is 5.75 Å². The van der Waals surface area contributed by atoms with Crippen LogP contribution in [0.3, 0.4) is 0 Å². The van der Waals surface area contributed by atoms with Crippen LogP contribution < -0.4 is 0 Å². The van der Waals surface area contributed by atoms with Gasteiger partial charge in [-0.15, -0.1) is 0 Å². The molecule has 0 aromatic heterocycles. The number of carbonyl (C=O) groups is 1. The molecule has 0 unspecified atom stereocenters. The summed E-state index contributed by atoms with van der Waals surface area (Å²) in [6.45, 7) is 0. The van der Waals surface area contributed by atoms with Crippen LogP contribution in [0.2, 0.25) is 5.02 Å². The molecule has 122 valence electrons. The lowest BCUT2D eigenvalue weighted by molar-refractivity contribution is 0.0796. The van der Waals surface area contributed by atoms with E-state index in [0.717, 1.165) is 12.0 Å². The summed E-state index contributed by atoms with van der Waals surface area (Å²) < 4.78 is 4.74. The molecule has 3 aromatic carbocycles. The lowest BCUT2D eigenvalue weighted by Gasteiger charge is -2.10. The van der Waals surface area contributed by atoms with Gasteiger partial charge in [-0.1, -0.05) is 54.1 Å². The fourth-order valence-electron chi connectivity index (χ4n) is 2.79. The number of carbonyl (C=O) groups excluding carboxylic acids is 1. The monoisotopic (exact) mass is 452 g/mol. The Balaban J connectivity index is 1.89. The van der Waals surface area contributed by atoms with E-state index < -0.39 is 5.97 Å². The van der Waals surface area contributed by atoms with Gasteiger partial charge in [-0.3, -0.25) is 0 Å². The van der Waals surface area contributed by atoms with Gasteiger partial charge in [-0.25, -0.2) is 4.79 Å². The van der Waals surface area contributed by atoms with Gasteiger partial charge >= 0.3 is 5.97 Å². The number of fused-ring (bicyclic) bond motifs is 1. The van der Waals surface area contributed by atoms with Crippen molar-refractivity contribution in [1.82, 2.24) is 0 Å². The van der Waals surface area contributed by atoms with Crippen LogP contribution >= 0.6 is 34.6 Å². The van der Waals surface area contributed by atoms with Gasteiger partial charge in [0.15, 0.2) is 23.0 Å². The number of phenolic OH excluding ortho intramolecular Hbond substituents is 1. The van der Waals surface area contributed by atoms with E-state index in [4.69, 9.17) is 14.7 Å². The maximum Gasteiger partial charge on any atom is 0.351 e. The zero-order valence-electron chi connectivity index (χ0n) is 12.6. The Morgan fingerprint density at radius 1 is 1.04 bits per heavy atom. The van der Waals surface area contributed by atoms with E-state index in [1.807, 2.05) is 12.1 Å². The summed E-state index contributed by atoms with van der Waals surface area (Å²) in [4.78, 5) is 11.9. The molecule has 0 heterocycles. The summed E-state index contributed by atoms with van der Waals surface area (Å²) in [5.41, 5.74) is 2.01. The molecule has 0 atom stereocenters. The summed E-state index contributed by atoms with van der Waals surface area (Å²) in [6, 6.07) is 17.5. The highest BCUT2D eigenvalue weighted by molar-refractivity contribution is 14.1. The maximum absolute atomic E-state index is 11.9. The van der Waals surface area contributed by atoms with Crippen LogP contribution in [0.5, 0.6) is 5.75 Å². The summed E-state index contributed by atoms with van der Waals surface area (Å²) in [6.07, 6.45) is 1.31. The van der Waals surface area contributed by atoms with Crippen molar-refractivity contribution in [3.05, 3.63) is 76.3 Å². The second kappa shape index (κ2) is 7.40. The predicted molar refractivity (Wildman–Crippen MR) is 104 cm³/mol. The van der Waals surface area contributed by atoms with E-state index in [-0.39, 0.29) is 11.3 Å². The van der Waals surface area contributed by atoms with Crippen molar-refractivity contribution >= 4 is 51.3 Å². The average Bonchev–Trinajstić information content (AvgIpc) is 2.58. The van der Waals surface area contributed by atoms with Gasteiger partial charge in [0.05, 0.1) is 0 Å². The highest BCUT2D eigenvalue weighted by atomic mass is 127. The van der Waals surface area contributed by atoms with Crippen LogP contribution in [0, 0.1) is 0 Å². The fraction of sp³-hybridized carbons (Fsp3) is 0.105. The molecule has 0 aliphatic carbocycles. The van der Waals surface area contributed by atoms with Crippen LogP contribution in [0.1, 0.15) is 21.5 Å². The molecule has 0 saturated heterocycles. The second-order valence-corrected chi connectivity index (χ2v) is 6.38. The number of halogens is 2. The average molecular weight is 453 g/mol. The Morgan fingerprint density at radius 3 is 2.54 bits per heavy atom. The molecule has 0 aliphatic heterocycles. The van der Waals surface area contributed by atoms with Gasteiger partial charge in [-0.05, 0) is 46.9 Å². The van der Waals surface area contributed by atoms with E-state index >= 15 is 0 Å². The van der Waals surface area contributed by atoms with E-state index in [1.165, 1.54) is 39.8 Å². The van der Waals surface area contributed by atoms with Crippen LogP contribution in [-0.4, -0.2) is 11.1 Å². The summed E-state index contributed by atoms with van der Waals surface area (Å²) >= 11 is 7.53. The zero-order chi connectivity index (χ0) is 17.1. The highest BCUT2D eigenvalue weighted by Gasteiger charge is 2.18. The predicted octanol–water partition coefficient (Wildman–Crippen LogP) is 5.49. The molecule has 24 heavy (non-hydrogen) atoms. The maximum atomic E-state index is 11.9. The number of phenols is 1. The molecule has 0 aliphatic rings. The van der Waals surface area contributed by atoms with Crippen molar-refractivity contribution in [2.45, 2.75) is 12.8 Å². The first kappa shape index (κ1) is 17.0. The molecule has 0 fully saturated rings. The van der Waals surface area contributed by atoms with Gasteiger partial charge in [0.2, 0.25) is 0 Å². The molecule has 0 saturated carbocycles. The minimum Gasteiger partial charge on any atom is -0.507 e. The molecule has 3 nitrogen and oxygen atoms in total. The summed E-state index contributed by atoms with van der Waals surface area (Å²) in [5.74, 6) is -0.726. The third kappa shape index (κ3) is 3.65. The van der Waals surface area contributed by atoms with Crippen molar-refractivity contribution < 1.29 is 13.0 Å². The fourth-order valence-corrected chi connectivity index (χ4v) is 3.25. The molecular weight excluding hydrogens is 439 g/mol. The Bertz CT molecular complexity index is 908. The molecule has 5 heteroatoms. The number of hydrogen-bond acceptors (Lipinski definition) is 3. The van der Waals surface area contributed by atoms with E-state index in [9.17, 15) is 9.90 Å². The second-order valence-electron chi connectivity index (χ2n) is 5.51. The third-order valence-electron chi connectivity index (χ3n) is 3.94. The zero-order valence-corrected chi connectivity index (χ0v) is 15.5.